The highest BCUT2D eigenvalue weighted by molar-refractivity contribution is 7.97. The largest absolute Gasteiger partial charge is 0.497 e. The van der Waals surface area contributed by atoms with Crippen molar-refractivity contribution in [2.24, 2.45) is 0 Å². The number of rotatable bonds is 7. The lowest BCUT2D eigenvalue weighted by Crippen LogP contribution is -2.10. The maximum Gasteiger partial charge on any atom is 0.396 e. The van der Waals surface area contributed by atoms with Crippen LogP contribution in [0.5, 0.6) is 5.75 Å². The van der Waals surface area contributed by atoms with Gasteiger partial charge in [-0.25, -0.2) is 9.10 Å². The molecule has 0 bridgehead atoms. The molecule has 0 aliphatic carbocycles. The Bertz CT molecular complexity index is 694. The lowest BCUT2D eigenvalue weighted by atomic mass is 10.1. The predicted molar refractivity (Wildman–Crippen MR) is 90.0 cm³/mol. The Hall–Kier alpha value is -2.06. The van der Waals surface area contributed by atoms with Crippen molar-refractivity contribution in [2.75, 3.05) is 20.8 Å². The van der Waals surface area contributed by atoms with E-state index in [-0.39, 0.29) is 12.5 Å². The monoisotopic (exact) mass is 351 g/mol. The van der Waals surface area contributed by atoms with Crippen LogP contribution in [0.25, 0.3) is 0 Å². The molecule has 2 rings (SSSR count). The van der Waals surface area contributed by atoms with E-state index in [0.717, 1.165) is 21.8 Å². The minimum absolute atomic E-state index is 0.123. The SMILES string of the molecule is CCOC(=O)c1nnc(CN(C)Sc2c(C)cc(OC)cc2C)o1. The molecule has 0 spiro atoms. The highest BCUT2D eigenvalue weighted by Gasteiger charge is 2.17. The van der Waals surface area contributed by atoms with E-state index in [1.165, 1.54) is 0 Å². The standard InChI is InChI=1S/C16H21N3O4S/c1-6-22-16(20)15-18-17-13(23-15)9-19(4)24-14-10(2)7-12(21-5)8-11(14)3/h7-8H,6,9H2,1-5H3. The average Bonchev–Trinajstić information content (AvgIpc) is 2.99. The van der Waals surface area contributed by atoms with Gasteiger partial charge in [0.05, 0.1) is 20.3 Å². The Kier molecular flexibility index (Phi) is 6.22. The Morgan fingerprint density at radius 2 is 1.96 bits per heavy atom. The minimum Gasteiger partial charge on any atom is -0.497 e. The number of carbonyl (C=O) groups excluding carboxylic acids is 1. The Balaban J connectivity index is 2.04. The van der Waals surface area contributed by atoms with Gasteiger partial charge in [0, 0.05) is 4.90 Å². The summed E-state index contributed by atoms with van der Waals surface area (Å²) in [6.07, 6.45) is 0. The molecule has 8 heteroatoms. The quantitative estimate of drug-likeness (QED) is 0.556. The summed E-state index contributed by atoms with van der Waals surface area (Å²) in [6, 6.07) is 3.99. The zero-order valence-corrected chi connectivity index (χ0v) is 15.3. The lowest BCUT2D eigenvalue weighted by Gasteiger charge is -2.17. The van der Waals surface area contributed by atoms with Crippen molar-refractivity contribution in [1.29, 1.82) is 0 Å². The van der Waals surface area contributed by atoms with E-state index < -0.39 is 5.97 Å². The first-order valence-electron chi connectivity index (χ1n) is 7.48. The molecule has 2 aromatic rings. The van der Waals surface area contributed by atoms with Gasteiger partial charge in [-0.15, -0.1) is 10.2 Å². The van der Waals surface area contributed by atoms with Gasteiger partial charge in [-0.2, -0.15) is 0 Å². The van der Waals surface area contributed by atoms with Gasteiger partial charge in [0.15, 0.2) is 0 Å². The first kappa shape index (κ1) is 18.3. The highest BCUT2D eigenvalue weighted by Crippen LogP contribution is 2.32. The van der Waals surface area contributed by atoms with E-state index in [2.05, 4.69) is 10.2 Å². The molecule has 0 amide bonds. The van der Waals surface area contributed by atoms with Crippen LogP contribution in [0, 0.1) is 13.8 Å². The van der Waals surface area contributed by atoms with Crippen LogP contribution in [-0.2, 0) is 11.3 Å². The average molecular weight is 351 g/mol. The summed E-state index contributed by atoms with van der Waals surface area (Å²) < 4.78 is 17.4. The zero-order chi connectivity index (χ0) is 17.7. The molecule has 1 aromatic heterocycles. The molecule has 7 nitrogen and oxygen atoms in total. The molecular formula is C16H21N3O4S. The van der Waals surface area contributed by atoms with E-state index >= 15 is 0 Å². The number of aryl methyl sites for hydroxylation is 2. The van der Waals surface area contributed by atoms with Crippen LogP contribution < -0.4 is 4.74 Å². The number of benzene rings is 1. The molecule has 130 valence electrons. The first-order valence-corrected chi connectivity index (χ1v) is 8.25. The molecule has 1 aromatic carbocycles. The van der Waals surface area contributed by atoms with Crippen LogP contribution in [0.2, 0.25) is 0 Å². The molecular weight excluding hydrogens is 330 g/mol. The summed E-state index contributed by atoms with van der Waals surface area (Å²) >= 11 is 1.57. The van der Waals surface area contributed by atoms with Crippen molar-refractivity contribution in [1.82, 2.24) is 14.5 Å². The third kappa shape index (κ3) is 4.48. The van der Waals surface area contributed by atoms with Crippen LogP contribution >= 0.6 is 11.9 Å². The molecule has 0 radical (unpaired) electrons. The van der Waals surface area contributed by atoms with Crippen LogP contribution in [0.1, 0.15) is 34.6 Å². The normalized spacial score (nSPS) is 10.9. The number of esters is 1. The predicted octanol–water partition coefficient (Wildman–Crippen LogP) is 3.01. The number of ether oxygens (including phenoxy) is 2. The minimum atomic E-state index is -0.603. The topological polar surface area (TPSA) is 77.7 Å². The lowest BCUT2D eigenvalue weighted by molar-refractivity contribution is 0.0478. The van der Waals surface area contributed by atoms with Crippen molar-refractivity contribution in [3.05, 3.63) is 35.0 Å². The second-order valence-corrected chi connectivity index (χ2v) is 6.40. The maximum absolute atomic E-state index is 11.5. The fourth-order valence-corrected chi connectivity index (χ4v) is 3.04. The summed E-state index contributed by atoms with van der Waals surface area (Å²) in [4.78, 5) is 12.7. The van der Waals surface area contributed by atoms with E-state index in [1.807, 2.05) is 37.3 Å². The van der Waals surface area contributed by atoms with E-state index in [1.54, 1.807) is 26.0 Å². The van der Waals surface area contributed by atoms with E-state index in [4.69, 9.17) is 13.9 Å². The van der Waals surface area contributed by atoms with Crippen LogP contribution in [0.15, 0.2) is 21.4 Å². The van der Waals surface area contributed by atoms with Crippen molar-refractivity contribution < 1.29 is 18.7 Å². The second-order valence-electron chi connectivity index (χ2n) is 5.19. The van der Waals surface area contributed by atoms with Gasteiger partial charge in [-0.3, -0.25) is 0 Å². The zero-order valence-electron chi connectivity index (χ0n) is 14.5. The smallest absolute Gasteiger partial charge is 0.396 e. The van der Waals surface area contributed by atoms with Gasteiger partial charge >= 0.3 is 11.9 Å². The number of hydrogen-bond acceptors (Lipinski definition) is 8. The summed E-state index contributed by atoms with van der Waals surface area (Å²) in [5.74, 6) is 0.473. The molecule has 0 saturated heterocycles. The van der Waals surface area contributed by atoms with Gasteiger partial charge < -0.3 is 13.9 Å². The van der Waals surface area contributed by atoms with Crippen LogP contribution in [0.4, 0.5) is 0 Å². The summed E-state index contributed by atoms with van der Waals surface area (Å²) in [5, 5.41) is 7.59. The van der Waals surface area contributed by atoms with Gasteiger partial charge in [0.2, 0.25) is 5.89 Å². The Labute approximate surface area is 145 Å². The highest BCUT2D eigenvalue weighted by atomic mass is 32.2. The number of hydrogen-bond donors (Lipinski definition) is 0. The third-order valence-electron chi connectivity index (χ3n) is 3.19. The molecule has 0 fully saturated rings. The van der Waals surface area contributed by atoms with Crippen LogP contribution in [0.3, 0.4) is 0 Å². The van der Waals surface area contributed by atoms with Crippen molar-refractivity contribution >= 4 is 17.9 Å². The fourth-order valence-electron chi connectivity index (χ4n) is 2.14. The summed E-state index contributed by atoms with van der Waals surface area (Å²) in [5.41, 5.74) is 2.25. The van der Waals surface area contributed by atoms with Crippen molar-refractivity contribution in [2.45, 2.75) is 32.2 Å². The van der Waals surface area contributed by atoms with E-state index in [9.17, 15) is 4.79 Å². The molecule has 0 aliphatic heterocycles. The second kappa shape index (κ2) is 8.16. The molecule has 0 atom stereocenters. The van der Waals surface area contributed by atoms with Crippen molar-refractivity contribution in [3.8, 4) is 5.75 Å². The van der Waals surface area contributed by atoms with E-state index in [0.29, 0.717) is 12.4 Å². The first-order chi connectivity index (χ1) is 11.4. The fraction of sp³-hybridized carbons (Fsp3) is 0.438. The molecule has 0 aliphatic rings. The molecule has 0 saturated carbocycles. The van der Waals surface area contributed by atoms with Crippen molar-refractivity contribution in [3.63, 3.8) is 0 Å². The Morgan fingerprint density at radius 3 is 2.54 bits per heavy atom. The molecule has 0 N–H and O–H groups in total. The molecule has 1 heterocycles. The van der Waals surface area contributed by atoms with Crippen LogP contribution in [-0.4, -0.2) is 41.2 Å². The maximum atomic E-state index is 11.5. The van der Waals surface area contributed by atoms with Gasteiger partial charge in [0.1, 0.15) is 5.75 Å². The number of methoxy groups -OCH3 is 1. The Morgan fingerprint density at radius 1 is 1.29 bits per heavy atom. The third-order valence-corrected chi connectivity index (χ3v) is 4.46. The summed E-state index contributed by atoms with van der Waals surface area (Å²) in [6.45, 7) is 6.47. The van der Waals surface area contributed by atoms with Gasteiger partial charge in [-0.05, 0) is 63.0 Å². The number of aromatic nitrogens is 2. The van der Waals surface area contributed by atoms with Gasteiger partial charge in [0.25, 0.3) is 0 Å². The molecule has 0 unspecified atom stereocenters. The summed E-state index contributed by atoms with van der Waals surface area (Å²) in [7, 11) is 3.58. The molecule has 24 heavy (non-hydrogen) atoms. The number of nitrogens with zero attached hydrogens (tertiary/aromatic N) is 3. The number of carbonyl (C=O) groups is 1. The van der Waals surface area contributed by atoms with Gasteiger partial charge in [-0.1, -0.05) is 0 Å².